The Morgan fingerprint density at radius 1 is 1.08 bits per heavy atom. The van der Waals surface area contributed by atoms with Gasteiger partial charge in [0.25, 0.3) is 5.91 Å². The number of aromatic nitrogens is 1. The molecular weight excluding hydrogens is 429 g/mol. The van der Waals surface area contributed by atoms with Crippen LogP contribution in [0, 0.1) is 0 Å². The van der Waals surface area contributed by atoms with Gasteiger partial charge in [0.1, 0.15) is 4.88 Å². The van der Waals surface area contributed by atoms with E-state index in [4.69, 9.17) is 35.4 Å². The van der Waals surface area contributed by atoms with Crippen LogP contribution in [0.2, 0.25) is 10.0 Å². The highest BCUT2D eigenvalue weighted by Crippen LogP contribution is 2.35. The van der Waals surface area contributed by atoms with Gasteiger partial charge in [-0.1, -0.05) is 52.7 Å². The molecule has 130 valence electrons. The van der Waals surface area contributed by atoms with E-state index in [2.05, 4.69) is 15.6 Å². The topological polar surface area (TPSA) is 54.0 Å². The largest absolute Gasteiger partial charge is 0.308 e. The summed E-state index contributed by atoms with van der Waals surface area (Å²) in [6.07, 6.45) is 0. The molecule has 0 aliphatic heterocycles. The predicted octanol–water partition coefficient (Wildman–Crippen LogP) is 5.94. The fraction of sp³-hybridized carbons (Fsp3) is 0. The second-order valence-electron chi connectivity index (χ2n) is 5.28. The fourth-order valence-electron chi connectivity index (χ4n) is 2.40. The van der Waals surface area contributed by atoms with E-state index in [0.717, 1.165) is 20.3 Å². The predicted molar refractivity (Wildman–Crippen MR) is 115 cm³/mol. The van der Waals surface area contributed by atoms with E-state index in [-0.39, 0.29) is 11.0 Å². The summed E-state index contributed by atoms with van der Waals surface area (Å²) in [5.41, 5.74) is 0.809. The summed E-state index contributed by atoms with van der Waals surface area (Å²) in [6.45, 7) is 0. The molecule has 0 fully saturated rings. The number of thiocarbonyl (C=S) groups is 1. The Kier molecular flexibility index (Phi) is 4.81. The minimum atomic E-state index is -0.349. The van der Waals surface area contributed by atoms with Gasteiger partial charge < -0.3 is 5.32 Å². The van der Waals surface area contributed by atoms with E-state index in [1.165, 1.54) is 22.7 Å². The summed E-state index contributed by atoms with van der Waals surface area (Å²) < 4.78 is 1.88. The van der Waals surface area contributed by atoms with Gasteiger partial charge in [-0.15, -0.1) is 11.3 Å². The molecule has 2 aromatic carbocycles. The standard InChI is InChI=1S/C17H9Cl2N3OS3/c18-8-5-6-10-12(7-8)26-17(20-10)22-16(24)21-15(23)14-13(19)9-3-1-2-4-11(9)25-14/h1-7H,(H2,20,21,22,23,24). The van der Waals surface area contributed by atoms with Gasteiger partial charge in [-0.05, 0) is 36.5 Å². The van der Waals surface area contributed by atoms with Crippen LogP contribution in [-0.4, -0.2) is 16.0 Å². The third-order valence-corrected chi connectivity index (χ3v) is 6.59. The Hall–Kier alpha value is -1.77. The van der Waals surface area contributed by atoms with Crippen LogP contribution in [0.4, 0.5) is 5.13 Å². The molecule has 0 saturated carbocycles. The number of nitrogens with zero attached hydrogens (tertiary/aromatic N) is 1. The van der Waals surface area contributed by atoms with Crippen LogP contribution in [0.15, 0.2) is 42.5 Å². The van der Waals surface area contributed by atoms with Crippen molar-refractivity contribution in [3.8, 4) is 0 Å². The summed E-state index contributed by atoms with van der Waals surface area (Å²) in [6, 6.07) is 13.0. The van der Waals surface area contributed by atoms with Crippen LogP contribution in [0.25, 0.3) is 20.3 Å². The van der Waals surface area contributed by atoms with Crippen LogP contribution in [0.3, 0.4) is 0 Å². The van der Waals surface area contributed by atoms with Crippen LogP contribution in [0.1, 0.15) is 9.67 Å². The maximum atomic E-state index is 12.5. The Morgan fingerprint density at radius 2 is 1.88 bits per heavy atom. The molecule has 4 aromatic rings. The first kappa shape index (κ1) is 17.6. The normalized spacial score (nSPS) is 11.0. The number of rotatable bonds is 2. The zero-order valence-electron chi connectivity index (χ0n) is 12.9. The van der Waals surface area contributed by atoms with Crippen molar-refractivity contribution in [3.05, 3.63) is 57.4 Å². The van der Waals surface area contributed by atoms with Crippen molar-refractivity contribution in [2.75, 3.05) is 5.32 Å². The molecule has 9 heteroatoms. The fourth-order valence-corrected chi connectivity index (χ4v) is 5.21. The summed E-state index contributed by atoms with van der Waals surface area (Å²) in [5, 5.41) is 8.25. The molecule has 4 nitrogen and oxygen atoms in total. The van der Waals surface area contributed by atoms with E-state index in [1.807, 2.05) is 36.4 Å². The average molecular weight is 438 g/mol. The first-order valence-electron chi connectivity index (χ1n) is 7.37. The lowest BCUT2D eigenvalue weighted by molar-refractivity contribution is 0.0982. The monoisotopic (exact) mass is 437 g/mol. The SMILES string of the molecule is O=C(NC(=S)Nc1nc2ccc(Cl)cc2s1)c1sc2ccccc2c1Cl. The maximum absolute atomic E-state index is 12.5. The van der Waals surface area contributed by atoms with E-state index in [9.17, 15) is 4.79 Å². The van der Waals surface area contributed by atoms with Crippen molar-refractivity contribution >= 4 is 94.5 Å². The van der Waals surface area contributed by atoms with E-state index >= 15 is 0 Å². The first-order valence-corrected chi connectivity index (χ1v) is 10.2. The zero-order chi connectivity index (χ0) is 18.3. The molecule has 2 N–H and O–H groups in total. The number of nitrogens with one attached hydrogen (secondary N) is 2. The summed E-state index contributed by atoms with van der Waals surface area (Å²) >= 11 is 20.3. The Morgan fingerprint density at radius 3 is 2.69 bits per heavy atom. The number of benzene rings is 2. The second kappa shape index (κ2) is 7.09. The van der Waals surface area contributed by atoms with Crippen LogP contribution in [-0.2, 0) is 0 Å². The van der Waals surface area contributed by atoms with Crippen molar-refractivity contribution in [1.29, 1.82) is 0 Å². The van der Waals surface area contributed by atoms with Crippen molar-refractivity contribution in [2.45, 2.75) is 0 Å². The van der Waals surface area contributed by atoms with Crippen molar-refractivity contribution in [2.24, 2.45) is 0 Å². The van der Waals surface area contributed by atoms with Gasteiger partial charge in [0.2, 0.25) is 0 Å². The van der Waals surface area contributed by atoms with E-state index < -0.39 is 0 Å². The Bertz CT molecular complexity index is 1170. The summed E-state index contributed by atoms with van der Waals surface area (Å²) in [5.74, 6) is -0.349. The molecule has 0 unspecified atom stereocenters. The zero-order valence-corrected chi connectivity index (χ0v) is 16.8. The van der Waals surface area contributed by atoms with Crippen molar-refractivity contribution in [1.82, 2.24) is 10.3 Å². The summed E-state index contributed by atoms with van der Waals surface area (Å²) in [4.78, 5) is 17.3. The minimum Gasteiger partial charge on any atom is -0.308 e. The van der Waals surface area contributed by atoms with Crippen LogP contribution in [0.5, 0.6) is 0 Å². The third-order valence-electron chi connectivity index (χ3n) is 3.54. The number of hydrogen-bond acceptors (Lipinski definition) is 5. The number of halogens is 2. The van der Waals surface area contributed by atoms with Gasteiger partial charge in [0.05, 0.1) is 15.2 Å². The molecule has 0 radical (unpaired) electrons. The number of carbonyl (C=O) groups excluding carboxylic acids is 1. The second-order valence-corrected chi connectivity index (χ2v) is 8.59. The molecule has 2 aromatic heterocycles. The number of thiazole rings is 1. The lowest BCUT2D eigenvalue weighted by atomic mass is 10.2. The minimum absolute atomic E-state index is 0.161. The highest BCUT2D eigenvalue weighted by atomic mass is 35.5. The average Bonchev–Trinajstić information content (AvgIpc) is 3.15. The molecule has 0 spiro atoms. The molecule has 4 rings (SSSR count). The van der Waals surface area contributed by atoms with Gasteiger partial charge in [-0.25, -0.2) is 4.98 Å². The molecule has 0 aliphatic rings. The van der Waals surface area contributed by atoms with Gasteiger partial charge in [0.15, 0.2) is 10.2 Å². The molecule has 0 saturated heterocycles. The summed E-state index contributed by atoms with van der Waals surface area (Å²) in [7, 11) is 0. The van der Waals surface area contributed by atoms with Crippen LogP contribution < -0.4 is 10.6 Å². The molecule has 26 heavy (non-hydrogen) atoms. The van der Waals surface area contributed by atoms with Gasteiger partial charge in [-0.2, -0.15) is 0 Å². The van der Waals surface area contributed by atoms with Crippen molar-refractivity contribution in [3.63, 3.8) is 0 Å². The highest BCUT2D eigenvalue weighted by Gasteiger charge is 2.18. The molecular formula is C17H9Cl2N3OS3. The highest BCUT2D eigenvalue weighted by molar-refractivity contribution is 7.80. The lowest BCUT2D eigenvalue weighted by Gasteiger charge is -2.06. The van der Waals surface area contributed by atoms with Gasteiger partial charge >= 0.3 is 0 Å². The number of hydrogen-bond donors (Lipinski definition) is 2. The van der Waals surface area contributed by atoms with Gasteiger partial charge in [0, 0.05) is 15.1 Å². The number of carbonyl (C=O) groups is 1. The quantitative estimate of drug-likeness (QED) is 0.380. The van der Waals surface area contributed by atoms with E-state index in [1.54, 1.807) is 6.07 Å². The Labute approximate surface area is 171 Å². The number of fused-ring (bicyclic) bond motifs is 2. The van der Waals surface area contributed by atoms with E-state index in [0.29, 0.717) is 20.1 Å². The van der Waals surface area contributed by atoms with Crippen LogP contribution >= 0.6 is 58.1 Å². The number of thiophene rings is 1. The molecule has 1 amide bonds. The Balaban J connectivity index is 1.51. The molecule has 0 bridgehead atoms. The van der Waals surface area contributed by atoms with Crippen molar-refractivity contribution < 1.29 is 4.79 Å². The maximum Gasteiger partial charge on any atom is 0.269 e. The number of amides is 1. The lowest BCUT2D eigenvalue weighted by Crippen LogP contribution is -2.33. The van der Waals surface area contributed by atoms with Gasteiger partial charge in [-0.3, -0.25) is 10.1 Å². The first-order chi connectivity index (χ1) is 12.5. The molecule has 0 atom stereocenters. The molecule has 2 heterocycles. The molecule has 0 aliphatic carbocycles. The number of anilines is 1. The smallest absolute Gasteiger partial charge is 0.269 e. The third kappa shape index (κ3) is 3.41.